The van der Waals surface area contributed by atoms with Gasteiger partial charge >= 0.3 is 11.9 Å². The second-order valence-corrected chi connectivity index (χ2v) is 8.23. The molecule has 0 heterocycles. The van der Waals surface area contributed by atoms with Gasteiger partial charge in [-0.2, -0.15) is 12.6 Å². The van der Waals surface area contributed by atoms with Gasteiger partial charge in [-0.15, -0.1) is 0 Å². The van der Waals surface area contributed by atoms with Gasteiger partial charge in [0.1, 0.15) is 18.1 Å². The van der Waals surface area contributed by atoms with Gasteiger partial charge in [-0.05, 0) is 25.2 Å². The zero-order valence-electron chi connectivity index (χ0n) is 19.2. The predicted octanol–water partition coefficient (Wildman–Crippen LogP) is -2.64. The van der Waals surface area contributed by atoms with Crippen LogP contribution in [0, 0.1) is 5.92 Å². The van der Waals surface area contributed by atoms with Crippen LogP contribution in [0.1, 0.15) is 39.5 Å². The minimum absolute atomic E-state index is 0.0132. The maximum absolute atomic E-state index is 12.9. The lowest BCUT2D eigenvalue weighted by atomic mass is 10.0. The molecule has 0 aliphatic rings. The number of aliphatic carboxylic acids is 2. The molecule has 0 aliphatic carbocycles. The number of aliphatic imine (C=N–C) groups is 1. The number of nitrogens with one attached hydrogen (secondary N) is 3. The predicted molar refractivity (Wildman–Crippen MR) is 127 cm³/mol. The van der Waals surface area contributed by atoms with Crippen molar-refractivity contribution in [1.82, 2.24) is 16.0 Å². The van der Waals surface area contributed by atoms with Crippen LogP contribution in [0.25, 0.3) is 0 Å². The Labute approximate surface area is 202 Å². The smallest absolute Gasteiger partial charge is 0.326 e. The van der Waals surface area contributed by atoms with Crippen LogP contribution in [-0.4, -0.2) is 82.3 Å². The van der Waals surface area contributed by atoms with Gasteiger partial charge in [-0.3, -0.25) is 24.2 Å². The highest BCUT2D eigenvalue weighted by Crippen LogP contribution is 2.07. The molecular formula is C19H35N7O7S. The van der Waals surface area contributed by atoms with Crippen molar-refractivity contribution in [2.24, 2.45) is 28.1 Å². The second-order valence-electron chi connectivity index (χ2n) is 7.86. The summed E-state index contributed by atoms with van der Waals surface area (Å²) in [7, 11) is 0. The molecule has 14 nitrogen and oxygen atoms in total. The number of nitrogens with two attached hydrogens (primary N) is 3. The first-order valence-corrected chi connectivity index (χ1v) is 11.2. The first-order chi connectivity index (χ1) is 15.8. The van der Waals surface area contributed by atoms with E-state index in [0.29, 0.717) is 0 Å². The van der Waals surface area contributed by atoms with E-state index in [-0.39, 0.29) is 37.5 Å². The van der Waals surface area contributed by atoms with Crippen LogP contribution >= 0.6 is 12.6 Å². The Bertz CT molecular complexity index is 759. The maximum Gasteiger partial charge on any atom is 0.326 e. The molecule has 0 radical (unpaired) electrons. The van der Waals surface area contributed by atoms with Crippen LogP contribution in [0.4, 0.5) is 0 Å². The van der Waals surface area contributed by atoms with Gasteiger partial charge in [0, 0.05) is 18.7 Å². The van der Waals surface area contributed by atoms with Crippen LogP contribution in [0.3, 0.4) is 0 Å². The molecular weight excluding hydrogens is 470 g/mol. The quantitative estimate of drug-likeness (QED) is 0.0456. The number of amides is 3. The summed E-state index contributed by atoms with van der Waals surface area (Å²) in [6.07, 6.45) is -0.413. The highest BCUT2D eigenvalue weighted by atomic mass is 32.1. The summed E-state index contributed by atoms with van der Waals surface area (Å²) in [5.41, 5.74) is 16.1. The number of hydrogen-bond acceptors (Lipinski definition) is 8. The minimum Gasteiger partial charge on any atom is -0.481 e. The van der Waals surface area contributed by atoms with Gasteiger partial charge in [-0.1, -0.05) is 13.8 Å². The fourth-order valence-electron chi connectivity index (χ4n) is 2.71. The third kappa shape index (κ3) is 12.2. The molecule has 0 bridgehead atoms. The normalized spacial score (nSPS) is 14.3. The van der Waals surface area contributed by atoms with Crippen molar-refractivity contribution >= 4 is 48.2 Å². The monoisotopic (exact) mass is 505 g/mol. The fourth-order valence-corrected chi connectivity index (χ4v) is 2.88. The minimum atomic E-state index is -1.30. The number of carbonyl (C=O) groups is 5. The van der Waals surface area contributed by atoms with Gasteiger partial charge in [0.25, 0.3) is 0 Å². The molecule has 15 heteroatoms. The summed E-state index contributed by atoms with van der Waals surface area (Å²) in [4.78, 5) is 64.0. The standard InChI is InChI=1S/C19H35N7O7S/c1-9(2)14(18(32)33)26-17(31)11(4-3-7-23-19(21)22)25-16(30)12(5-6-13(27)28)24-15(29)10(20)8-34/h9-12,14,34H,3-8,20H2,1-2H3,(H,24,29)(H,25,30)(H,26,31)(H,27,28)(H,32,33)(H4,21,22,23). The molecule has 11 N–H and O–H groups in total. The molecule has 0 saturated carbocycles. The van der Waals surface area contributed by atoms with E-state index in [1.165, 1.54) is 0 Å². The molecule has 0 fully saturated rings. The first-order valence-electron chi connectivity index (χ1n) is 10.6. The van der Waals surface area contributed by atoms with Crippen LogP contribution in [0.15, 0.2) is 4.99 Å². The maximum atomic E-state index is 12.9. The molecule has 0 spiro atoms. The highest BCUT2D eigenvalue weighted by molar-refractivity contribution is 7.80. The van der Waals surface area contributed by atoms with Gasteiger partial charge in [0.05, 0.1) is 6.04 Å². The van der Waals surface area contributed by atoms with Crippen LogP contribution in [0.2, 0.25) is 0 Å². The Morgan fingerprint density at radius 1 is 0.912 bits per heavy atom. The van der Waals surface area contributed by atoms with E-state index in [9.17, 15) is 29.1 Å². The Kier molecular flexibility index (Phi) is 14.3. The van der Waals surface area contributed by atoms with Gasteiger partial charge in [0.2, 0.25) is 17.7 Å². The van der Waals surface area contributed by atoms with E-state index in [1.54, 1.807) is 13.8 Å². The Morgan fingerprint density at radius 3 is 1.91 bits per heavy atom. The Morgan fingerprint density at radius 2 is 1.44 bits per heavy atom. The topological polar surface area (TPSA) is 252 Å². The van der Waals surface area contributed by atoms with Crippen molar-refractivity contribution in [3.8, 4) is 0 Å². The lowest BCUT2D eigenvalue weighted by molar-refractivity contribution is -0.143. The third-order valence-electron chi connectivity index (χ3n) is 4.62. The Hall–Kier alpha value is -3.07. The SMILES string of the molecule is CC(C)C(NC(=O)C(CCCN=C(N)N)NC(=O)C(CCC(=O)O)NC(=O)C(N)CS)C(=O)O. The molecule has 194 valence electrons. The first kappa shape index (κ1) is 30.9. The lowest BCUT2D eigenvalue weighted by Gasteiger charge is -2.25. The van der Waals surface area contributed by atoms with E-state index < -0.39 is 66.2 Å². The van der Waals surface area contributed by atoms with Crippen LogP contribution < -0.4 is 33.2 Å². The number of carbonyl (C=O) groups excluding carboxylic acids is 3. The van der Waals surface area contributed by atoms with E-state index >= 15 is 0 Å². The summed E-state index contributed by atoms with van der Waals surface area (Å²) in [6.45, 7) is 3.35. The largest absolute Gasteiger partial charge is 0.481 e. The van der Waals surface area contributed by atoms with Crippen LogP contribution in [0.5, 0.6) is 0 Å². The van der Waals surface area contributed by atoms with Gasteiger partial charge in [0.15, 0.2) is 5.96 Å². The molecule has 4 unspecified atom stereocenters. The van der Waals surface area contributed by atoms with Crippen molar-refractivity contribution in [1.29, 1.82) is 0 Å². The summed E-state index contributed by atoms with van der Waals surface area (Å²) in [5.74, 6) is -5.38. The third-order valence-corrected chi connectivity index (χ3v) is 5.02. The number of guanidine groups is 1. The molecule has 0 saturated heterocycles. The lowest BCUT2D eigenvalue weighted by Crippen LogP contribution is -2.57. The van der Waals surface area contributed by atoms with E-state index in [1.807, 2.05) is 0 Å². The van der Waals surface area contributed by atoms with Crippen molar-refractivity contribution in [3.05, 3.63) is 0 Å². The number of thiol groups is 1. The highest BCUT2D eigenvalue weighted by Gasteiger charge is 2.31. The van der Waals surface area contributed by atoms with E-state index in [4.69, 9.17) is 22.3 Å². The number of hydrogen-bond donors (Lipinski definition) is 9. The van der Waals surface area contributed by atoms with E-state index in [0.717, 1.165) is 0 Å². The van der Waals surface area contributed by atoms with Crippen molar-refractivity contribution in [2.75, 3.05) is 12.3 Å². The molecule has 0 aromatic carbocycles. The van der Waals surface area contributed by atoms with E-state index in [2.05, 4.69) is 33.6 Å². The zero-order valence-corrected chi connectivity index (χ0v) is 20.1. The van der Waals surface area contributed by atoms with Gasteiger partial charge < -0.3 is 43.4 Å². The second kappa shape index (κ2) is 15.7. The number of nitrogens with zero attached hydrogens (tertiary/aromatic N) is 1. The average molecular weight is 506 g/mol. The van der Waals surface area contributed by atoms with Crippen molar-refractivity contribution in [2.45, 2.75) is 63.7 Å². The Balaban J connectivity index is 5.62. The van der Waals surface area contributed by atoms with Crippen molar-refractivity contribution in [3.63, 3.8) is 0 Å². The summed E-state index contributed by atoms with van der Waals surface area (Å²) >= 11 is 3.91. The van der Waals surface area contributed by atoms with Gasteiger partial charge in [-0.25, -0.2) is 4.79 Å². The molecule has 0 rings (SSSR count). The molecule has 3 amide bonds. The van der Waals surface area contributed by atoms with Crippen LogP contribution in [-0.2, 0) is 24.0 Å². The number of carboxylic acid groups (broad SMARTS) is 2. The fraction of sp³-hybridized carbons (Fsp3) is 0.684. The zero-order chi connectivity index (χ0) is 26.4. The molecule has 0 aromatic heterocycles. The molecule has 0 aromatic rings. The number of rotatable bonds is 16. The van der Waals surface area contributed by atoms with Crippen molar-refractivity contribution < 1.29 is 34.2 Å². The number of carboxylic acids is 2. The molecule has 34 heavy (non-hydrogen) atoms. The molecule has 4 atom stereocenters. The summed E-state index contributed by atoms with van der Waals surface area (Å²) in [5, 5.41) is 25.5. The molecule has 0 aliphatic heterocycles. The summed E-state index contributed by atoms with van der Waals surface area (Å²) in [6, 6.07) is -4.75. The average Bonchev–Trinajstić information content (AvgIpc) is 2.74. The summed E-state index contributed by atoms with van der Waals surface area (Å²) < 4.78 is 0.